The van der Waals surface area contributed by atoms with Crippen molar-refractivity contribution >= 4 is 29.4 Å². The monoisotopic (exact) mass is 413 g/mol. The quantitative estimate of drug-likeness (QED) is 0.689. The second-order valence-corrected chi connectivity index (χ2v) is 7.19. The van der Waals surface area contributed by atoms with E-state index in [1.165, 1.54) is 16.1 Å². The highest BCUT2D eigenvalue weighted by Gasteiger charge is 2.35. The number of nitrogens with one attached hydrogen (secondary N) is 1. The second kappa shape index (κ2) is 9.25. The lowest BCUT2D eigenvalue weighted by Crippen LogP contribution is -2.28. The van der Waals surface area contributed by atoms with Crippen LogP contribution in [0.3, 0.4) is 0 Å². The van der Waals surface area contributed by atoms with Gasteiger partial charge in [0.25, 0.3) is 11.8 Å². The average Bonchev–Trinajstić information content (AvgIpc) is 3.36. The number of rotatable bonds is 7. The summed E-state index contributed by atoms with van der Waals surface area (Å²) in [6.07, 6.45) is 1.57. The topological polar surface area (TPSA) is 109 Å². The minimum Gasteiger partial charge on any atom is -0.467 e. The first kappa shape index (κ1) is 21.1. The highest BCUT2D eigenvalue weighted by molar-refractivity contribution is 5.96. The Morgan fingerprint density at radius 1 is 1.20 bits per heavy atom. The van der Waals surface area contributed by atoms with E-state index >= 15 is 0 Å². The first-order valence-electron chi connectivity index (χ1n) is 9.42. The van der Waals surface area contributed by atoms with E-state index in [1.54, 1.807) is 50.5 Å². The van der Waals surface area contributed by atoms with Crippen molar-refractivity contribution < 1.29 is 28.3 Å². The first-order valence-corrected chi connectivity index (χ1v) is 9.42. The summed E-state index contributed by atoms with van der Waals surface area (Å²) in [5.74, 6) is -1.38. The Labute approximate surface area is 173 Å². The zero-order valence-corrected chi connectivity index (χ0v) is 16.8. The van der Waals surface area contributed by atoms with Crippen molar-refractivity contribution in [2.45, 2.75) is 13.0 Å². The number of furan rings is 1. The third-order valence-corrected chi connectivity index (χ3v) is 4.64. The molecule has 3 amide bonds. The normalized spacial score (nSPS) is 15.7. The van der Waals surface area contributed by atoms with Gasteiger partial charge in [0.15, 0.2) is 6.61 Å². The predicted octanol–water partition coefficient (Wildman–Crippen LogP) is 1.51. The summed E-state index contributed by atoms with van der Waals surface area (Å²) in [6, 6.07) is 9.88. The molecule has 1 atom stereocenters. The van der Waals surface area contributed by atoms with Crippen LogP contribution in [0.5, 0.6) is 0 Å². The van der Waals surface area contributed by atoms with Crippen molar-refractivity contribution in [1.82, 2.24) is 9.80 Å². The largest absolute Gasteiger partial charge is 0.467 e. The van der Waals surface area contributed by atoms with E-state index in [-0.39, 0.29) is 24.8 Å². The van der Waals surface area contributed by atoms with Gasteiger partial charge in [-0.1, -0.05) is 0 Å². The zero-order chi connectivity index (χ0) is 21.7. The molecule has 3 rings (SSSR count). The summed E-state index contributed by atoms with van der Waals surface area (Å²) in [4.78, 5) is 51.2. The van der Waals surface area contributed by atoms with Crippen molar-refractivity contribution in [2.24, 2.45) is 5.92 Å². The molecule has 0 radical (unpaired) electrons. The first-order chi connectivity index (χ1) is 14.3. The van der Waals surface area contributed by atoms with Gasteiger partial charge in [-0.25, -0.2) is 0 Å². The summed E-state index contributed by atoms with van der Waals surface area (Å²) in [5.41, 5.74) is 0.974. The third kappa shape index (κ3) is 5.25. The summed E-state index contributed by atoms with van der Waals surface area (Å²) in [5, 5.41) is 2.60. The maximum Gasteiger partial charge on any atom is 0.311 e. The highest BCUT2D eigenvalue weighted by atomic mass is 16.5. The Kier molecular flexibility index (Phi) is 6.51. The molecule has 1 N–H and O–H groups in total. The number of nitrogens with zero attached hydrogens (tertiary/aromatic N) is 2. The third-order valence-electron chi connectivity index (χ3n) is 4.64. The molecule has 1 fully saturated rings. The van der Waals surface area contributed by atoms with Crippen LogP contribution in [0.4, 0.5) is 5.69 Å². The number of amides is 3. The van der Waals surface area contributed by atoms with Gasteiger partial charge in [0.05, 0.1) is 18.7 Å². The van der Waals surface area contributed by atoms with E-state index < -0.39 is 24.4 Å². The van der Waals surface area contributed by atoms with Crippen molar-refractivity contribution in [3.05, 3.63) is 54.0 Å². The summed E-state index contributed by atoms with van der Waals surface area (Å²) in [7, 11) is 3.31. The van der Waals surface area contributed by atoms with Gasteiger partial charge >= 0.3 is 5.97 Å². The average molecular weight is 413 g/mol. The van der Waals surface area contributed by atoms with E-state index in [0.29, 0.717) is 23.6 Å². The lowest BCUT2D eigenvalue weighted by Gasteiger charge is -2.14. The molecular weight excluding hydrogens is 390 g/mol. The minimum atomic E-state index is -0.614. The number of hydrogen-bond acceptors (Lipinski definition) is 6. The summed E-state index contributed by atoms with van der Waals surface area (Å²) in [6.45, 7) is 0.0594. The molecule has 1 aromatic heterocycles. The van der Waals surface area contributed by atoms with Gasteiger partial charge in [0.1, 0.15) is 5.76 Å². The van der Waals surface area contributed by atoms with Crippen LogP contribution in [0.2, 0.25) is 0 Å². The van der Waals surface area contributed by atoms with Crippen LogP contribution < -0.4 is 5.32 Å². The van der Waals surface area contributed by atoms with Crippen molar-refractivity contribution in [1.29, 1.82) is 0 Å². The van der Waals surface area contributed by atoms with Crippen LogP contribution in [0.1, 0.15) is 22.5 Å². The zero-order valence-electron chi connectivity index (χ0n) is 16.8. The molecule has 1 aliphatic rings. The highest BCUT2D eigenvalue weighted by Crippen LogP contribution is 2.21. The number of benzene rings is 1. The standard InChI is InChI=1S/C21H23N3O6/c1-23(2)20(27)14-5-7-16(8-6-14)22-18(25)13-30-21(28)15-10-19(26)24(11-15)12-17-4-3-9-29-17/h3-9,15H,10-13H2,1-2H3,(H,22,25)/t15-/m0/s1. The molecule has 1 aromatic carbocycles. The van der Waals surface area contributed by atoms with Gasteiger partial charge in [0, 0.05) is 38.3 Å². The lowest BCUT2D eigenvalue weighted by molar-refractivity contribution is -0.151. The molecule has 0 unspecified atom stereocenters. The van der Waals surface area contributed by atoms with E-state index in [4.69, 9.17) is 9.15 Å². The van der Waals surface area contributed by atoms with Crippen molar-refractivity contribution in [2.75, 3.05) is 32.6 Å². The fraction of sp³-hybridized carbons (Fsp3) is 0.333. The van der Waals surface area contributed by atoms with Gasteiger partial charge in [-0.3, -0.25) is 19.2 Å². The Morgan fingerprint density at radius 2 is 1.93 bits per heavy atom. The van der Waals surface area contributed by atoms with Gasteiger partial charge in [0.2, 0.25) is 5.91 Å². The van der Waals surface area contributed by atoms with E-state index in [2.05, 4.69) is 5.32 Å². The minimum absolute atomic E-state index is 0.0442. The number of ether oxygens (including phenoxy) is 1. The molecule has 2 aromatic rings. The van der Waals surface area contributed by atoms with Crippen LogP contribution in [0.25, 0.3) is 0 Å². The molecule has 9 nitrogen and oxygen atoms in total. The molecule has 1 saturated heterocycles. The molecule has 0 bridgehead atoms. The van der Waals surface area contributed by atoms with Gasteiger partial charge in [-0.05, 0) is 36.4 Å². The molecule has 0 spiro atoms. The number of likely N-dealkylation sites (tertiary alicyclic amines) is 1. The number of carbonyl (C=O) groups excluding carboxylic acids is 4. The Morgan fingerprint density at radius 3 is 2.57 bits per heavy atom. The molecule has 158 valence electrons. The molecule has 0 aliphatic carbocycles. The second-order valence-electron chi connectivity index (χ2n) is 7.19. The fourth-order valence-corrected chi connectivity index (χ4v) is 3.08. The molecule has 0 saturated carbocycles. The molecular formula is C21H23N3O6. The van der Waals surface area contributed by atoms with E-state index in [1.807, 2.05) is 0 Å². The van der Waals surface area contributed by atoms with Crippen LogP contribution in [-0.2, 0) is 25.7 Å². The van der Waals surface area contributed by atoms with E-state index in [9.17, 15) is 19.2 Å². The summed E-state index contributed by atoms with van der Waals surface area (Å²) < 4.78 is 10.3. The van der Waals surface area contributed by atoms with Gasteiger partial charge < -0.3 is 24.3 Å². The molecule has 9 heteroatoms. The molecule has 30 heavy (non-hydrogen) atoms. The number of carbonyl (C=O) groups is 4. The predicted molar refractivity (Wildman–Crippen MR) is 106 cm³/mol. The Bertz CT molecular complexity index is 921. The maximum absolute atomic E-state index is 12.2. The molecule has 1 aliphatic heterocycles. The van der Waals surface area contributed by atoms with Crippen molar-refractivity contribution in [3.63, 3.8) is 0 Å². The summed E-state index contributed by atoms with van der Waals surface area (Å²) >= 11 is 0. The van der Waals surface area contributed by atoms with Crippen LogP contribution in [0.15, 0.2) is 47.1 Å². The lowest BCUT2D eigenvalue weighted by atomic mass is 10.1. The Hall–Kier alpha value is -3.62. The Balaban J connectivity index is 1.45. The van der Waals surface area contributed by atoms with Crippen LogP contribution in [-0.4, -0.2) is 60.7 Å². The van der Waals surface area contributed by atoms with Crippen LogP contribution >= 0.6 is 0 Å². The molecule has 2 heterocycles. The SMILES string of the molecule is CN(C)C(=O)c1ccc(NC(=O)COC(=O)[C@H]2CC(=O)N(Cc3ccco3)C2)cc1. The van der Waals surface area contributed by atoms with E-state index in [0.717, 1.165) is 0 Å². The number of esters is 1. The van der Waals surface area contributed by atoms with Crippen molar-refractivity contribution in [3.8, 4) is 0 Å². The van der Waals surface area contributed by atoms with Crippen LogP contribution in [0, 0.1) is 5.92 Å². The number of hydrogen-bond donors (Lipinski definition) is 1. The van der Waals surface area contributed by atoms with Gasteiger partial charge in [-0.15, -0.1) is 0 Å². The smallest absolute Gasteiger partial charge is 0.311 e. The fourth-order valence-electron chi connectivity index (χ4n) is 3.08. The number of anilines is 1. The van der Waals surface area contributed by atoms with Gasteiger partial charge in [-0.2, -0.15) is 0 Å². The maximum atomic E-state index is 12.2.